The van der Waals surface area contributed by atoms with Gasteiger partial charge in [0, 0.05) is 17.5 Å². The van der Waals surface area contributed by atoms with Crippen LogP contribution in [0.1, 0.15) is 34.3 Å². The highest BCUT2D eigenvalue weighted by atomic mass is 32.1. The number of rotatable bonds is 8. The molecule has 7 heteroatoms. The lowest BCUT2D eigenvalue weighted by Crippen LogP contribution is -2.24. The number of aromatic nitrogens is 2. The molecule has 2 heterocycles. The van der Waals surface area contributed by atoms with Gasteiger partial charge in [-0.15, -0.1) is 11.3 Å². The van der Waals surface area contributed by atoms with Crippen molar-refractivity contribution in [3.8, 4) is 17.1 Å². The number of hydrogen-bond acceptors (Lipinski definition) is 5. The van der Waals surface area contributed by atoms with E-state index >= 15 is 0 Å². The van der Waals surface area contributed by atoms with E-state index in [2.05, 4.69) is 4.98 Å². The summed E-state index contributed by atoms with van der Waals surface area (Å²) in [6.07, 6.45) is 1.45. The molecule has 0 spiro atoms. The summed E-state index contributed by atoms with van der Waals surface area (Å²) in [6.45, 7) is 4.97. The lowest BCUT2D eigenvalue weighted by molar-refractivity contribution is 0.0699. The Kier molecular flexibility index (Phi) is 6.37. The lowest BCUT2D eigenvalue weighted by Gasteiger charge is -2.14. The maximum atomic E-state index is 13.3. The Bertz CT molecular complexity index is 1320. The van der Waals surface area contributed by atoms with E-state index in [0.717, 1.165) is 28.9 Å². The van der Waals surface area contributed by atoms with Crippen LogP contribution in [-0.4, -0.2) is 27.2 Å². The van der Waals surface area contributed by atoms with E-state index in [-0.39, 0.29) is 16.5 Å². The number of thiophene rings is 1. The van der Waals surface area contributed by atoms with Crippen molar-refractivity contribution in [3.05, 3.63) is 81.0 Å². The van der Waals surface area contributed by atoms with Crippen molar-refractivity contribution in [2.75, 3.05) is 6.61 Å². The van der Waals surface area contributed by atoms with Crippen LogP contribution in [-0.2, 0) is 6.54 Å². The minimum Gasteiger partial charge on any atom is -0.493 e. The molecule has 4 aromatic rings. The molecule has 2 aromatic heterocycles. The Labute approximate surface area is 189 Å². The fourth-order valence-electron chi connectivity index (χ4n) is 3.58. The number of ether oxygens (including phenoxy) is 1. The summed E-state index contributed by atoms with van der Waals surface area (Å²) in [4.78, 5) is 30.1. The van der Waals surface area contributed by atoms with Crippen LogP contribution in [0, 0.1) is 13.8 Å². The molecule has 164 valence electrons. The van der Waals surface area contributed by atoms with E-state index in [4.69, 9.17) is 4.74 Å². The molecule has 0 amide bonds. The van der Waals surface area contributed by atoms with Crippen molar-refractivity contribution in [2.45, 2.75) is 33.2 Å². The number of para-hydroxylation sites is 1. The zero-order valence-corrected chi connectivity index (χ0v) is 18.8. The molecule has 0 atom stereocenters. The summed E-state index contributed by atoms with van der Waals surface area (Å²) in [6, 6.07) is 15.7. The smallest absolute Gasteiger partial charge is 0.337 e. The van der Waals surface area contributed by atoms with Gasteiger partial charge in [-0.05, 0) is 38.3 Å². The monoisotopic (exact) mass is 448 g/mol. The Hall–Kier alpha value is -3.45. The van der Waals surface area contributed by atoms with Crippen molar-refractivity contribution >= 4 is 27.5 Å². The van der Waals surface area contributed by atoms with Gasteiger partial charge in [0.1, 0.15) is 16.4 Å². The van der Waals surface area contributed by atoms with Crippen LogP contribution in [0.5, 0.6) is 5.75 Å². The van der Waals surface area contributed by atoms with Crippen LogP contribution in [0.25, 0.3) is 21.6 Å². The van der Waals surface area contributed by atoms with Crippen molar-refractivity contribution in [1.29, 1.82) is 0 Å². The van der Waals surface area contributed by atoms with E-state index in [9.17, 15) is 14.7 Å². The Morgan fingerprint density at radius 1 is 1.09 bits per heavy atom. The molecule has 0 aliphatic carbocycles. The molecule has 0 aliphatic rings. The molecule has 0 bridgehead atoms. The highest BCUT2D eigenvalue weighted by molar-refractivity contribution is 7.17. The second-order valence-electron chi connectivity index (χ2n) is 7.71. The molecule has 4 rings (SSSR count). The van der Waals surface area contributed by atoms with Crippen LogP contribution < -0.4 is 10.3 Å². The number of carbonyl (C=O) groups is 1. The van der Waals surface area contributed by atoms with Crippen molar-refractivity contribution in [1.82, 2.24) is 9.55 Å². The minimum atomic E-state index is -1.11. The number of aromatic carboxylic acids is 1. The first-order chi connectivity index (χ1) is 15.5. The fourth-order valence-corrected chi connectivity index (χ4v) is 4.49. The topological polar surface area (TPSA) is 81.4 Å². The second-order valence-corrected chi connectivity index (χ2v) is 8.57. The Morgan fingerprint density at radius 3 is 2.56 bits per heavy atom. The number of nitrogens with zero attached hydrogens (tertiary/aromatic N) is 2. The van der Waals surface area contributed by atoms with Gasteiger partial charge in [-0.25, -0.2) is 9.78 Å². The van der Waals surface area contributed by atoms with Gasteiger partial charge in [0.05, 0.1) is 17.6 Å². The van der Waals surface area contributed by atoms with Crippen LogP contribution >= 0.6 is 11.3 Å². The highest BCUT2D eigenvalue weighted by Crippen LogP contribution is 2.26. The molecule has 2 aromatic carbocycles. The number of carboxylic acid groups (broad SMARTS) is 1. The quantitative estimate of drug-likeness (QED) is 0.370. The van der Waals surface area contributed by atoms with Crippen LogP contribution in [0.4, 0.5) is 0 Å². The van der Waals surface area contributed by atoms with Gasteiger partial charge >= 0.3 is 5.97 Å². The maximum Gasteiger partial charge on any atom is 0.337 e. The first kappa shape index (κ1) is 21.8. The van der Waals surface area contributed by atoms with E-state index in [1.165, 1.54) is 16.7 Å². The van der Waals surface area contributed by atoms with Gasteiger partial charge in [-0.3, -0.25) is 9.36 Å². The zero-order valence-electron chi connectivity index (χ0n) is 18.0. The molecule has 1 N–H and O–H groups in total. The molecule has 0 saturated carbocycles. The van der Waals surface area contributed by atoms with Crippen molar-refractivity contribution < 1.29 is 14.6 Å². The molecule has 0 fully saturated rings. The SMILES string of the molecule is Cc1ccc(-c2nc3scc(C(=O)O)c3c(=O)n2CCCCOc2ccccc2C)cc1. The van der Waals surface area contributed by atoms with E-state index < -0.39 is 5.97 Å². The number of aryl methyl sites for hydroxylation is 2. The number of fused-ring (bicyclic) bond motifs is 1. The van der Waals surface area contributed by atoms with Gasteiger partial charge in [-0.2, -0.15) is 0 Å². The third-order valence-corrected chi connectivity index (χ3v) is 6.23. The molecule has 0 radical (unpaired) electrons. The van der Waals surface area contributed by atoms with Gasteiger partial charge in [-0.1, -0.05) is 48.0 Å². The maximum absolute atomic E-state index is 13.3. The molecule has 0 saturated heterocycles. The van der Waals surface area contributed by atoms with Crippen molar-refractivity contribution in [3.63, 3.8) is 0 Å². The summed E-state index contributed by atoms with van der Waals surface area (Å²) < 4.78 is 7.46. The molecular weight excluding hydrogens is 424 g/mol. The summed E-state index contributed by atoms with van der Waals surface area (Å²) >= 11 is 1.18. The summed E-state index contributed by atoms with van der Waals surface area (Å²) in [7, 11) is 0. The summed E-state index contributed by atoms with van der Waals surface area (Å²) in [5, 5.41) is 11.2. The Morgan fingerprint density at radius 2 is 1.84 bits per heavy atom. The highest BCUT2D eigenvalue weighted by Gasteiger charge is 2.20. The molecule has 0 aliphatic heterocycles. The third kappa shape index (κ3) is 4.43. The minimum absolute atomic E-state index is 0.00888. The normalized spacial score (nSPS) is 11.1. The molecule has 0 unspecified atom stereocenters. The first-order valence-corrected chi connectivity index (χ1v) is 11.3. The molecule has 6 nitrogen and oxygen atoms in total. The van der Waals surface area contributed by atoms with Gasteiger partial charge < -0.3 is 9.84 Å². The lowest BCUT2D eigenvalue weighted by atomic mass is 10.1. The fraction of sp³-hybridized carbons (Fsp3) is 0.240. The van der Waals surface area contributed by atoms with Gasteiger partial charge in [0.15, 0.2) is 0 Å². The molecule has 32 heavy (non-hydrogen) atoms. The standard InChI is InChI=1S/C25H24N2O4S/c1-16-9-11-18(12-10-16)22-26-23-21(19(15-32-23)25(29)30)24(28)27(22)13-5-6-14-31-20-8-4-3-7-17(20)2/h3-4,7-12,15H,5-6,13-14H2,1-2H3,(H,29,30). The number of benzene rings is 2. The van der Waals surface area contributed by atoms with Crippen LogP contribution in [0.15, 0.2) is 58.7 Å². The average molecular weight is 449 g/mol. The van der Waals surface area contributed by atoms with Crippen LogP contribution in [0.3, 0.4) is 0 Å². The van der Waals surface area contributed by atoms with E-state index in [0.29, 0.717) is 30.2 Å². The second kappa shape index (κ2) is 9.36. The summed E-state index contributed by atoms with van der Waals surface area (Å²) in [5.41, 5.74) is 2.72. The predicted molar refractivity (Wildman–Crippen MR) is 127 cm³/mol. The zero-order chi connectivity index (χ0) is 22.7. The van der Waals surface area contributed by atoms with Crippen LogP contribution in [0.2, 0.25) is 0 Å². The number of hydrogen-bond donors (Lipinski definition) is 1. The van der Waals surface area contributed by atoms with Gasteiger partial charge in [0.2, 0.25) is 0 Å². The summed E-state index contributed by atoms with van der Waals surface area (Å²) in [5.74, 6) is 0.301. The van der Waals surface area contributed by atoms with E-state index in [1.54, 1.807) is 4.57 Å². The third-order valence-electron chi connectivity index (χ3n) is 5.36. The van der Waals surface area contributed by atoms with Crippen molar-refractivity contribution in [2.24, 2.45) is 0 Å². The van der Waals surface area contributed by atoms with E-state index in [1.807, 2.05) is 62.4 Å². The number of carboxylic acids is 1. The average Bonchev–Trinajstić information content (AvgIpc) is 3.21. The largest absolute Gasteiger partial charge is 0.493 e. The Balaban J connectivity index is 1.61. The molecular formula is C25H24N2O4S. The predicted octanol–water partition coefficient (Wildman–Crippen LogP) is 5.30. The van der Waals surface area contributed by atoms with Gasteiger partial charge in [0.25, 0.3) is 5.56 Å². The first-order valence-electron chi connectivity index (χ1n) is 10.5. The number of unbranched alkanes of at least 4 members (excludes halogenated alkanes) is 1.